The molecular formula is C23H29N7O2. The van der Waals surface area contributed by atoms with Crippen molar-refractivity contribution < 1.29 is 9.84 Å². The minimum absolute atomic E-state index is 0.131. The van der Waals surface area contributed by atoms with Crippen molar-refractivity contribution in [2.75, 3.05) is 30.0 Å². The number of pyridine rings is 1. The third-order valence-electron chi connectivity index (χ3n) is 7.37. The van der Waals surface area contributed by atoms with Gasteiger partial charge in [-0.1, -0.05) is 6.57 Å². The zero-order valence-electron chi connectivity index (χ0n) is 18.3. The average Bonchev–Trinajstić information content (AvgIpc) is 3.37. The van der Waals surface area contributed by atoms with E-state index < -0.39 is 5.60 Å². The first-order valence-electron chi connectivity index (χ1n) is 11.3. The summed E-state index contributed by atoms with van der Waals surface area (Å²) in [4.78, 5) is 10.4. The average molecular weight is 436 g/mol. The van der Waals surface area contributed by atoms with Crippen LogP contribution in [0.25, 0.3) is 4.85 Å². The standard InChI is InChI=1S/C23H29N7O2/c1-15-14-32-12-11-30(15)18-13-16(23(31)8-6-22(4-5-22)7-9-23)19(20(24)25-2)21(28-18)27-17-3-10-26-29-17/h3,10,13,15,24,31H,4-9,11-12,14H2,1H3,(H2,26,27,28,29)/t15-/m1/s1. The van der Waals surface area contributed by atoms with E-state index in [9.17, 15) is 5.11 Å². The number of nitrogens with one attached hydrogen (secondary N) is 3. The van der Waals surface area contributed by atoms with E-state index in [2.05, 4.69) is 32.2 Å². The van der Waals surface area contributed by atoms with Crippen molar-refractivity contribution in [1.82, 2.24) is 15.2 Å². The number of aromatic amines is 1. The number of aliphatic hydroxyl groups is 1. The lowest BCUT2D eigenvalue weighted by Gasteiger charge is -2.40. The lowest BCUT2D eigenvalue weighted by molar-refractivity contribution is -0.0186. The Bertz CT molecular complexity index is 1050. The molecule has 9 nitrogen and oxygen atoms in total. The van der Waals surface area contributed by atoms with Gasteiger partial charge in [-0.15, -0.1) is 0 Å². The molecule has 0 radical (unpaired) electrons. The van der Waals surface area contributed by atoms with E-state index in [-0.39, 0.29) is 11.9 Å². The van der Waals surface area contributed by atoms with E-state index in [0.29, 0.717) is 60.8 Å². The molecule has 1 aliphatic heterocycles. The molecule has 2 aliphatic carbocycles. The van der Waals surface area contributed by atoms with E-state index in [4.69, 9.17) is 21.7 Å². The highest BCUT2D eigenvalue weighted by Crippen LogP contribution is 2.60. The number of hydrogen-bond acceptors (Lipinski definition) is 7. The molecule has 0 amide bonds. The van der Waals surface area contributed by atoms with Crippen LogP contribution < -0.4 is 10.2 Å². The Labute approximate surface area is 187 Å². The monoisotopic (exact) mass is 435 g/mol. The third-order valence-corrected chi connectivity index (χ3v) is 7.37. The lowest BCUT2D eigenvalue weighted by atomic mass is 9.72. The van der Waals surface area contributed by atoms with Crippen LogP contribution in [0.15, 0.2) is 18.3 Å². The van der Waals surface area contributed by atoms with Crippen molar-refractivity contribution >= 4 is 23.3 Å². The van der Waals surface area contributed by atoms with Crippen LogP contribution in [0.2, 0.25) is 0 Å². The Hall–Kier alpha value is -2.96. The van der Waals surface area contributed by atoms with Crippen LogP contribution in [0.1, 0.15) is 56.6 Å². The van der Waals surface area contributed by atoms with Crippen molar-refractivity contribution in [3.05, 3.63) is 40.9 Å². The Balaban J connectivity index is 1.64. The molecule has 32 heavy (non-hydrogen) atoms. The van der Waals surface area contributed by atoms with Gasteiger partial charge in [0.1, 0.15) is 17.5 Å². The summed E-state index contributed by atoms with van der Waals surface area (Å²) in [5.74, 6) is 1.50. The van der Waals surface area contributed by atoms with Crippen molar-refractivity contribution in [2.24, 2.45) is 5.41 Å². The predicted molar refractivity (Wildman–Crippen MR) is 121 cm³/mol. The van der Waals surface area contributed by atoms with Gasteiger partial charge in [0, 0.05) is 18.2 Å². The van der Waals surface area contributed by atoms with E-state index >= 15 is 0 Å². The van der Waals surface area contributed by atoms with Crippen LogP contribution in [0, 0.1) is 17.4 Å². The number of hydrogen-bond donors (Lipinski definition) is 4. The van der Waals surface area contributed by atoms with Gasteiger partial charge < -0.3 is 24.9 Å². The largest absolute Gasteiger partial charge is 0.385 e. The lowest BCUT2D eigenvalue weighted by Crippen LogP contribution is -2.44. The zero-order valence-corrected chi connectivity index (χ0v) is 18.3. The van der Waals surface area contributed by atoms with Crippen molar-refractivity contribution in [1.29, 1.82) is 5.41 Å². The van der Waals surface area contributed by atoms with E-state index in [1.54, 1.807) is 12.3 Å². The molecule has 0 unspecified atom stereocenters. The van der Waals surface area contributed by atoms with Gasteiger partial charge in [0.2, 0.25) is 0 Å². The van der Waals surface area contributed by atoms with Crippen LogP contribution in [0.3, 0.4) is 0 Å². The molecule has 9 heteroatoms. The quantitative estimate of drug-likeness (QED) is 0.324. The second kappa shape index (κ2) is 7.87. The molecule has 168 valence electrons. The summed E-state index contributed by atoms with van der Waals surface area (Å²) in [6, 6.07) is 3.80. The van der Waals surface area contributed by atoms with Gasteiger partial charge in [0.05, 0.1) is 31.1 Å². The number of rotatable bonds is 5. The SMILES string of the molecule is [C-]#[N+]C(=N)c1c(C2(O)CCC3(CC3)CC2)cc(N2CCOC[C@H]2C)nc1Nc1ccn[nH]1. The minimum Gasteiger partial charge on any atom is -0.385 e. The van der Waals surface area contributed by atoms with Gasteiger partial charge >= 0.3 is 0 Å². The second-order valence-electron chi connectivity index (χ2n) is 9.46. The molecule has 1 atom stereocenters. The summed E-state index contributed by atoms with van der Waals surface area (Å²) < 4.78 is 5.60. The number of anilines is 3. The number of amidine groups is 1. The van der Waals surface area contributed by atoms with Crippen LogP contribution in [-0.4, -0.2) is 51.9 Å². The zero-order chi connectivity index (χ0) is 22.3. The first-order valence-corrected chi connectivity index (χ1v) is 11.3. The molecule has 3 fully saturated rings. The highest BCUT2D eigenvalue weighted by Gasteiger charge is 2.50. The number of ether oxygens (including phenoxy) is 1. The normalized spacial score (nSPS) is 23.5. The van der Waals surface area contributed by atoms with Gasteiger partial charge in [0.25, 0.3) is 5.84 Å². The summed E-state index contributed by atoms with van der Waals surface area (Å²) in [6.45, 7) is 11.5. The summed E-state index contributed by atoms with van der Waals surface area (Å²) in [7, 11) is 0. The van der Waals surface area contributed by atoms with Crippen LogP contribution in [0.5, 0.6) is 0 Å². The van der Waals surface area contributed by atoms with Crippen molar-refractivity contribution in [2.45, 2.75) is 57.1 Å². The molecule has 3 heterocycles. The fourth-order valence-corrected chi connectivity index (χ4v) is 5.09. The maximum absolute atomic E-state index is 11.8. The summed E-state index contributed by atoms with van der Waals surface area (Å²) in [5, 5.41) is 30.3. The predicted octanol–water partition coefficient (Wildman–Crippen LogP) is 3.56. The fraction of sp³-hybridized carbons (Fsp3) is 0.565. The minimum atomic E-state index is -1.09. The first kappa shape index (κ1) is 20.9. The Morgan fingerprint density at radius 3 is 2.72 bits per heavy atom. The van der Waals surface area contributed by atoms with Crippen molar-refractivity contribution in [3.63, 3.8) is 0 Å². The highest BCUT2D eigenvalue weighted by molar-refractivity contribution is 6.09. The first-order chi connectivity index (χ1) is 15.4. The second-order valence-corrected chi connectivity index (χ2v) is 9.46. The topological polar surface area (TPSA) is 115 Å². The van der Waals surface area contributed by atoms with E-state index in [1.807, 2.05) is 6.07 Å². The number of H-pyrrole nitrogens is 1. The maximum Gasteiger partial charge on any atom is 0.273 e. The number of nitrogens with zero attached hydrogens (tertiary/aromatic N) is 4. The Morgan fingerprint density at radius 1 is 1.34 bits per heavy atom. The summed E-state index contributed by atoms with van der Waals surface area (Å²) >= 11 is 0. The Morgan fingerprint density at radius 2 is 2.09 bits per heavy atom. The molecule has 2 aromatic heterocycles. The molecule has 2 saturated carbocycles. The van der Waals surface area contributed by atoms with Gasteiger partial charge in [-0.3, -0.25) is 5.10 Å². The van der Waals surface area contributed by atoms with Crippen LogP contribution >= 0.6 is 0 Å². The van der Waals surface area contributed by atoms with E-state index in [0.717, 1.165) is 18.7 Å². The number of aromatic nitrogens is 3. The van der Waals surface area contributed by atoms with Gasteiger partial charge in [-0.2, -0.15) is 10.5 Å². The molecule has 1 spiro atoms. The molecule has 1 saturated heterocycles. The highest BCUT2D eigenvalue weighted by atomic mass is 16.5. The molecule has 0 bridgehead atoms. The smallest absolute Gasteiger partial charge is 0.273 e. The third kappa shape index (κ3) is 3.74. The molecule has 2 aromatic rings. The van der Waals surface area contributed by atoms with Crippen molar-refractivity contribution in [3.8, 4) is 0 Å². The molecule has 3 aliphatic rings. The van der Waals surface area contributed by atoms with Gasteiger partial charge in [-0.05, 0) is 62.5 Å². The van der Waals surface area contributed by atoms with Gasteiger partial charge in [-0.25, -0.2) is 4.98 Å². The summed E-state index contributed by atoms with van der Waals surface area (Å²) in [6.07, 6.45) is 7.33. The molecular weight excluding hydrogens is 406 g/mol. The fourth-order valence-electron chi connectivity index (χ4n) is 5.09. The summed E-state index contributed by atoms with van der Waals surface area (Å²) in [5.41, 5.74) is 0.316. The molecule has 4 N–H and O–H groups in total. The van der Waals surface area contributed by atoms with Crippen LogP contribution in [0.4, 0.5) is 17.5 Å². The van der Waals surface area contributed by atoms with Gasteiger partial charge in [0.15, 0.2) is 0 Å². The van der Waals surface area contributed by atoms with E-state index in [1.165, 1.54) is 12.8 Å². The number of morpholine rings is 1. The Kier molecular flexibility index (Phi) is 5.14. The molecule has 0 aromatic carbocycles. The molecule has 5 rings (SSSR count). The van der Waals surface area contributed by atoms with Crippen LogP contribution in [-0.2, 0) is 10.3 Å². The maximum atomic E-state index is 11.8.